The number of benzene rings is 1. The van der Waals surface area contributed by atoms with Crippen molar-refractivity contribution in [2.45, 2.75) is 16.3 Å². The zero-order valence-electron chi connectivity index (χ0n) is 13.5. The van der Waals surface area contributed by atoms with Gasteiger partial charge in [-0.2, -0.15) is 8.42 Å². The normalized spacial score (nSPS) is 11.3. The van der Waals surface area contributed by atoms with Crippen LogP contribution < -0.4 is 9.50 Å². The fraction of sp³-hybridized carbons (Fsp3) is 0.125. The fourth-order valence-corrected chi connectivity index (χ4v) is 4.32. The molecule has 0 unspecified atom stereocenters. The van der Waals surface area contributed by atoms with E-state index in [1.807, 2.05) is 19.2 Å². The van der Waals surface area contributed by atoms with Crippen molar-refractivity contribution in [3.8, 4) is 5.75 Å². The molecule has 0 aliphatic rings. The van der Waals surface area contributed by atoms with Crippen molar-refractivity contribution < 1.29 is 12.6 Å². The SMILES string of the molecule is CSc1nc(C)cc(Nc2ccc(OS(=O)(=O)c3cccs3)cc2)n1. The van der Waals surface area contributed by atoms with Crippen molar-refractivity contribution in [1.29, 1.82) is 0 Å². The molecule has 25 heavy (non-hydrogen) atoms. The highest BCUT2D eigenvalue weighted by atomic mass is 32.3. The van der Waals surface area contributed by atoms with Gasteiger partial charge in [-0.15, -0.1) is 11.3 Å². The monoisotopic (exact) mass is 393 g/mol. The number of hydrogen-bond acceptors (Lipinski definition) is 8. The number of nitrogens with zero attached hydrogens (tertiary/aromatic N) is 2. The Morgan fingerprint density at radius 2 is 1.92 bits per heavy atom. The Balaban J connectivity index is 1.73. The van der Waals surface area contributed by atoms with Gasteiger partial charge in [0.1, 0.15) is 11.6 Å². The molecule has 0 aliphatic heterocycles. The van der Waals surface area contributed by atoms with Crippen LogP contribution in [0.5, 0.6) is 5.75 Å². The largest absolute Gasteiger partial charge is 0.378 e. The van der Waals surface area contributed by atoms with Crippen molar-refractivity contribution >= 4 is 44.7 Å². The van der Waals surface area contributed by atoms with Crippen LogP contribution in [0.2, 0.25) is 0 Å². The summed E-state index contributed by atoms with van der Waals surface area (Å²) in [5.74, 6) is 0.930. The van der Waals surface area contributed by atoms with Crippen LogP contribution in [0, 0.1) is 6.92 Å². The molecule has 0 bridgehead atoms. The highest BCUT2D eigenvalue weighted by Gasteiger charge is 2.17. The lowest BCUT2D eigenvalue weighted by atomic mass is 10.3. The predicted molar refractivity (Wildman–Crippen MR) is 100 cm³/mol. The number of anilines is 2. The molecular weight excluding hydrogens is 378 g/mol. The summed E-state index contributed by atoms with van der Waals surface area (Å²) in [6.45, 7) is 1.90. The molecule has 0 spiro atoms. The molecule has 0 atom stereocenters. The van der Waals surface area contributed by atoms with Gasteiger partial charge in [-0.1, -0.05) is 17.8 Å². The second-order valence-corrected chi connectivity index (χ2v) is 8.49. The average molecular weight is 394 g/mol. The minimum Gasteiger partial charge on any atom is -0.378 e. The van der Waals surface area contributed by atoms with Crippen LogP contribution in [-0.2, 0) is 10.1 Å². The third kappa shape index (κ3) is 4.50. The summed E-state index contributed by atoms with van der Waals surface area (Å²) in [6, 6.07) is 11.7. The van der Waals surface area contributed by atoms with Crippen molar-refractivity contribution in [2.24, 2.45) is 0 Å². The van der Waals surface area contributed by atoms with E-state index in [2.05, 4.69) is 15.3 Å². The maximum absolute atomic E-state index is 12.1. The first-order chi connectivity index (χ1) is 12.0. The first-order valence-electron chi connectivity index (χ1n) is 7.21. The quantitative estimate of drug-likeness (QED) is 0.384. The molecule has 9 heteroatoms. The van der Waals surface area contributed by atoms with Gasteiger partial charge in [-0.25, -0.2) is 9.97 Å². The van der Waals surface area contributed by atoms with E-state index in [-0.39, 0.29) is 9.96 Å². The number of rotatable bonds is 6. The Kier molecular flexibility index (Phi) is 5.26. The van der Waals surface area contributed by atoms with Gasteiger partial charge >= 0.3 is 10.1 Å². The molecule has 130 valence electrons. The first-order valence-corrected chi connectivity index (χ1v) is 10.7. The van der Waals surface area contributed by atoms with E-state index < -0.39 is 10.1 Å². The van der Waals surface area contributed by atoms with Crippen LogP contribution in [0.1, 0.15) is 5.69 Å². The second kappa shape index (κ2) is 7.42. The van der Waals surface area contributed by atoms with Crippen LogP contribution in [0.4, 0.5) is 11.5 Å². The standard InChI is InChI=1S/C16H15N3O3S3/c1-11-10-14(19-16(17-11)23-2)18-12-5-7-13(8-6-12)22-25(20,21)15-4-3-9-24-15/h3-10H,1-2H3,(H,17,18,19). The molecule has 3 rings (SSSR count). The van der Waals surface area contributed by atoms with Gasteiger partial charge in [-0.05, 0) is 48.9 Å². The zero-order chi connectivity index (χ0) is 17.9. The van der Waals surface area contributed by atoms with Crippen LogP contribution >= 0.6 is 23.1 Å². The molecule has 2 aromatic heterocycles. The summed E-state index contributed by atoms with van der Waals surface area (Å²) < 4.78 is 29.5. The third-order valence-electron chi connectivity index (χ3n) is 3.09. The Morgan fingerprint density at radius 1 is 1.16 bits per heavy atom. The molecule has 3 aromatic rings. The number of aromatic nitrogens is 2. The number of nitrogens with one attached hydrogen (secondary N) is 1. The zero-order valence-corrected chi connectivity index (χ0v) is 15.9. The molecular formula is C16H15N3O3S3. The summed E-state index contributed by atoms with van der Waals surface area (Å²) >= 11 is 2.58. The molecule has 0 saturated carbocycles. The highest BCUT2D eigenvalue weighted by Crippen LogP contribution is 2.25. The topological polar surface area (TPSA) is 81.2 Å². The van der Waals surface area contributed by atoms with Gasteiger partial charge in [0.15, 0.2) is 9.37 Å². The predicted octanol–water partition coefficient (Wildman–Crippen LogP) is 4.08. The maximum atomic E-state index is 12.1. The summed E-state index contributed by atoms with van der Waals surface area (Å²) in [7, 11) is -3.78. The van der Waals surface area contributed by atoms with Gasteiger partial charge in [0.25, 0.3) is 0 Å². The van der Waals surface area contributed by atoms with Crippen LogP contribution in [0.15, 0.2) is 57.2 Å². The molecule has 0 saturated heterocycles. The van der Waals surface area contributed by atoms with Crippen molar-refractivity contribution in [1.82, 2.24) is 9.97 Å². The Hall–Kier alpha value is -2.10. The second-order valence-electron chi connectivity index (χ2n) is 5.00. The lowest BCUT2D eigenvalue weighted by molar-refractivity contribution is 0.488. The Bertz CT molecular complexity index is 956. The van der Waals surface area contributed by atoms with E-state index in [0.29, 0.717) is 11.0 Å². The Labute approximate surface area is 154 Å². The summed E-state index contributed by atoms with van der Waals surface area (Å²) in [5.41, 5.74) is 1.63. The molecule has 1 N–H and O–H groups in total. The number of thiophene rings is 1. The summed E-state index contributed by atoms with van der Waals surface area (Å²) in [6.07, 6.45) is 1.92. The van der Waals surface area contributed by atoms with E-state index in [1.165, 1.54) is 17.8 Å². The van der Waals surface area contributed by atoms with E-state index in [9.17, 15) is 8.42 Å². The van der Waals surface area contributed by atoms with E-state index >= 15 is 0 Å². The van der Waals surface area contributed by atoms with E-state index in [1.54, 1.807) is 35.7 Å². The van der Waals surface area contributed by atoms with Crippen molar-refractivity contribution in [2.75, 3.05) is 11.6 Å². The molecule has 6 nitrogen and oxygen atoms in total. The number of aryl methyl sites for hydroxylation is 1. The summed E-state index contributed by atoms with van der Waals surface area (Å²) in [4.78, 5) is 8.68. The van der Waals surface area contributed by atoms with Gasteiger partial charge in [0.05, 0.1) is 0 Å². The van der Waals surface area contributed by atoms with Crippen molar-refractivity contribution in [3.63, 3.8) is 0 Å². The average Bonchev–Trinajstić information content (AvgIpc) is 3.11. The van der Waals surface area contributed by atoms with Gasteiger partial charge in [-0.3, -0.25) is 0 Å². The molecule has 1 aromatic carbocycles. The minimum absolute atomic E-state index is 0.177. The smallest absolute Gasteiger partial charge is 0.348 e. The first kappa shape index (κ1) is 17.7. The number of thioether (sulfide) groups is 1. The molecule has 0 radical (unpaired) electrons. The fourth-order valence-electron chi connectivity index (χ4n) is 2.01. The van der Waals surface area contributed by atoms with Crippen LogP contribution in [0.25, 0.3) is 0 Å². The minimum atomic E-state index is -3.78. The highest BCUT2D eigenvalue weighted by molar-refractivity contribution is 7.98. The van der Waals surface area contributed by atoms with Crippen molar-refractivity contribution in [3.05, 3.63) is 53.5 Å². The van der Waals surface area contributed by atoms with E-state index in [0.717, 1.165) is 22.7 Å². The lowest BCUT2D eigenvalue weighted by Gasteiger charge is -2.09. The Morgan fingerprint density at radius 3 is 2.56 bits per heavy atom. The lowest BCUT2D eigenvalue weighted by Crippen LogP contribution is -2.07. The van der Waals surface area contributed by atoms with Gasteiger partial charge in [0, 0.05) is 17.4 Å². The molecule has 2 heterocycles. The van der Waals surface area contributed by atoms with Gasteiger partial charge in [0.2, 0.25) is 0 Å². The molecule has 0 amide bonds. The number of hydrogen-bond donors (Lipinski definition) is 1. The van der Waals surface area contributed by atoms with Crippen LogP contribution in [0.3, 0.4) is 0 Å². The maximum Gasteiger partial charge on any atom is 0.348 e. The van der Waals surface area contributed by atoms with E-state index in [4.69, 9.17) is 4.18 Å². The van der Waals surface area contributed by atoms with Gasteiger partial charge < -0.3 is 9.50 Å². The molecule has 0 aliphatic carbocycles. The summed E-state index contributed by atoms with van der Waals surface area (Å²) in [5, 5.41) is 5.54. The third-order valence-corrected chi connectivity index (χ3v) is 6.24. The van der Waals surface area contributed by atoms with Crippen LogP contribution in [-0.4, -0.2) is 24.6 Å². The molecule has 0 fully saturated rings.